The molecule has 1 saturated heterocycles. The zero-order chi connectivity index (χ0) is 19.3. The number of aryl methyl sites for hydroxylation is 1. The number of amides is 2. The quantitative estimate of drug-likeness (QED) is 0.643. The van der Waals surface area contributed by atoms with Crippen LogP contribution < -0.4 is 11.5 Å². The van der Waals surface area contributed by atoms with Gasteiger partial charge in [0.15, 0.2) is 0 Å². The Morgan fingerprint density at radius 2 is 2.08 bits per heavy atom. The Labute approximate surface area is 152 Å². The Morgan fingerprint density at radius 3 is 2.69 bits per heavy atom. The van der Waals surface area contributed by atoms with Gasteiger partial charge in [0.2, 0.25) is 11.8 Å². The van der Waals surface area contributed by atoms with E-state index in [2.05, 4.69) is 0 Å². The molecule has 0 saturated carbocycles. The van der Waals surface area contributed by atoms with Crippen molar-refractivity contribution in [3.63, 3.8) is 0 Å². The minimum Gasteiger partial charge on any atom is -0.393 e. The number of nitrogens with two attached hydrogens (primary N) is 2. The van der Waals surface area contributed by atoms with Gasteiger partial charge in [0.1, 0.15) is 11.9 Å². The lowest BCUT2D eigenvalue weighted by atomic mass is 9.78. The van der Waals surface area contributed by atoms with Crippen LogP contribution in [-0.4, -0.2) is 35.2 Å². The van der Waals surface area contributed by atoms with Crippen molar-refractivity contribution >= 4 is 11.8 Å². The molecule has 2 amide bonds. The Kier molecular flexibility index (Phi) is 7.11. The first-order chi connectivity index (χ1) is 12.3. The minimum atomic E-state index is -0.749. The first kappa shape index (κ1) is 20.3. The van der Waals surface area contributed by atoms with Crippen molar-refractivity contribution in [1.29, 1.82) is 0 Å². The van der Waals surface area contributed by atoms with Gasteiger partial charge in [0.25, 0.3) is 0 Å². The van der Waals surface area contributed by atoms with E-state index in [1.165, 1.54) is 12.1 Å². The lowest BCUT2D eigenvalue weighted by Gasteiger charge is -2.36. The number of carbonyl (C=O) groups is 2. The number of rotatable bonds is 8. The smallest absolute Gasteiger partial charge is 0.246 e. The summed E-state index contributed by atoms with van der Waals surface area (Å²) < 4.78 is 18.7. The van der Waals surface area contributed by atoms with Gasteiger partial charge in [-0.05, 0) is 62.6 Å². The van der Waals surface area contributed by atoms with Gasteiger partial charge in [-0.1, -0.05) is 12.1 Å². The second-order valence-electron chi connectivity index (χ2n) is 7.14. The lowest BCUT2D eigenvalue weighted by molar-refractivity contribution is -0.145. The van der Waals surface area contributed by atoms with Crippen LogP contribution in [-0.2, 0) is 20.7 Å². The molecular weight excluding hydrogens is 339 g/mol. The van der Waals surface area contributed by atoms with Crippen molar-refractivity contribution in [1.82, 2.24) is 0 Å². The van der Waals surface area contributed by atoms with Crippen LogP contribution in [0.25, 0.3) is 0 Å². The van der Waals surface area contributed by atoms with Gasteiger partial charge in [-0.3, -0.25) is 9.59 Å². The lowest BCUT2D eigenvalue weighted by Crippen LogP contribution is -2.45. The Morgan fingerprint density at radius 1 is 1.35 bits per heavy atom. The van der Waals surface area contributed by atoms with Crippen LogP contribution in [0, 0.1) is 17.7 Å². The SMILES string of the molecule is CC1CC(C(CC(O)CCc2cccc(F)c2)C(N)=O)CC(C(N)=O)O1. The Hall–Kier alpha value is -1.99. The predicted octanol–water partition coefficient (Wildman–Crippen LogP) is 1.28. The molecule has 0 bridgehead atoms. The van der Waals surface area contributed by atoms with E-state index in [0.717, 1.165) is 5.56 Å². The minimum absolute atomic E-state index is 0.169. The standard InChI is InChI=1S/C19H27FN2O4/c1-11-7-13(9-17(26-11)19(22)25)16(18(21)24)10-15(23)6-5-12-3-2-4-14(20)8-12/h2-4,8,11,13,15-17,23H,5-7,9-10H2,1H3,(H2,21,24)(H2,22,25). The highest BCUT2D eigenvalue weighted by molar-refractivity contribution is 5.80. The first-order valence-corrected chi connectivity index (χ1v) is 8.92. The van der Waals surface area contributed by atoms with Crippen molar-refractivity contribution in [2.45, 2.75) is 57.3 Å². The molecule has 2 rings (SSSR count). The van der Waals surface area contributed by atoms with Gasteiger partial charge < -0.3 is 21.3 Å². The number of ether oxygens (including phenoxy) is 1. The molecule has 7 heteroatoms. The topological polar surface area (TPSA) is 116 Å². The summed E-state index contributed by atoms with van der Waals surface area (Å²) >= 11 is 0. The molecule has 144 valence electrons. The normalized spacial score (nSPS) is 25.4. The van der Waals surface area contributed by atoms with Crippen LogP contribution >= 0.6 is 0 Å². The molecular formula is C19H27FN2O4. The molecule has 0 aromatic heterocycles. The Balaban J connectivity index is 1.96. The number of aliphatic hydroxyl groups is 1. The maximum absolute atomic E-state index is 13.2. The fourth-order valence-electron chi connectivity index (χ4n) is 3.68. The summed E-state index contributed by atoms with van der Waals surface area (Å²) in [5.41, 5.74) is 11.7. The highest BCUT2D eigenvalue weighted by Gasteiger charge is 2.37. The molecule has 5 N–H and O–H groups in total. The molecule has 6 nitrogen and oxygen atoms in total. The number of hydrogen-bond donors (Lipinski definition) is 3. The molecule has 1 fully saturated rings. The van der Waals surface area contributed by atoms with Crippen molar-refractivity contribution in [2.24, 2.45) is 23.3 Å². The molecule has 1 heterocycles. The molecule has 0 aliphatic carbocycles. The van der Waals surface area contributed by atoms with Crippen molar-refractivity contribution < 1.29 is 23.8 Å². The van der Waals surface area contributed by atoms with E-state index in [1.54, 1.807) is 12.1 Å². The van der Waals surface area contributed by atoms with Crippen molar-refractivity contribution in [2.75, 3.05) is 0 Å². The summed E-state index contributed by atoms with van der Waals surface area (Å²) in [5, 5.41) is 10.3. The van der Waals surface area contributed by atoms with E-state index in [0.29, 0.717) is 25.7 Å². The zero-order valence-electron chi connectivity index (χ0n) is 14.9. The second kappa shape index (κ2) is 9.09. The van der Waals surface area contributed by atoms with Crippen LogP contribution in [0.4, 0.5) is 4.39 Å². The highest BCUT2D eigenvalue weighted by atomic mass is 19.1. The number of carbonyl (C=O) groups excluding carboxylic acids is 2. The summed E-state index contributed by atoms with van der Waals surface area (Å²) in [6, 6.07) is 6.20. The number of aliphatic hydroxyl groups excluding tert-OH is 1. The molecule has 1 aromatic rings. The summed E-state index contributed by atoms with van der Waals surface area (Å²) in [6.45, 7) is 1.82. The zero-order valence-corrected chi connectivity index (χ0v) is 14.9. The summed E-state index contributed by atoms with van der Waals surface area (Å²) in [7, 11) is 0. The highest BCUT2D eigenvalue weighted by Crippen LogP contribution is 2.33. The van der Waals surface area contributed by atoms with Gasteiger partial charge in [-0.25, -0.2) is 4.39 Å². The monoisotopic (exact) mass is 366 g/mol. The van der Waals surface area contributed by atoms with Gasteiger partial charge in [-0.15, -0.1) is 0 Å². The second-order valence-corrected chi connectivity index (χ2v) is 7.14. The van der Waals surface area contributed by atoms with Crippen LogP contribution in [0.2, 0.25) is 0 Å². The Bertz CT molecular complexity index is 640. The van der Waals surface area contributed by atoms with E-state index in [1.807, 2.05) is 6.92 Å². The van der Waals surface area contributed by atoms with Crippen LogP contribution in [0.5, 0.6) is 0 Å². The summed E-state index contributed by atoms with van der Waals surface area (Å²) in [5.74, 6) is -2.11. The van der Waals surface area contributed by atoms with Gasteiger partial charge in [0.05, 0.1) is 12.2 Å². The average Bonchev–Trinajstić information content (AvgIpc) is 2.57. The fourth-order valence-corrected chi connectivity index (χ4v) is 3.68. The average molecular weight is 366 g/mol. The molecule has 1 aliphatic heterocycles. The fraction of sp³-hybridized carbons (Fsp3) is 0.579. The summed E-state index contributed by atoms with van der Waals surface area (Å²) in [6.07, 6.45) is 0.295. The molecule has 0 radical (unpaired) electrons. The molecule has 5 unspecified atom stereocenters. The third-order valence-corrected chi connectivity index (χ3v) is 4.98. The third-order valence-electron chi connectivity index (χ3n) is 4.98. The van der Waals surface area contributed by atoms with Crippen LogP contribution in [0.3, 0.4) is 0 Å². The van der Waals surface area contributed by atoms with Crippen molar-refractivity contribution in [3.8, 4) is 0 Å². The van der Waals surface area contributed by atoms with Gasteiger partial charge in [0, 0.05) is 5.92 Å². The molecule has 0 spiro atoms. The largest absolute Gasteiger partial charge is 0.393 e. The number of hydrogen-bond acceptors (Lipinski definition) is 4. The number of primary amides is 2. The molecule has 5 atom stereocenters. The molecule has 1 aliphatic rings. The van der Waals surface area contributed by atoms with E-state index < -0.39 is 29.9 Å². The van der Waals surface area contributed by atoms with Gasteiger partial charge in [-0.2, -0.15) is 0 Å². The molecule has 26 heavy (non-hydrogen) atoms. The van der Waals surface area contributed by atoms with E-state index in [4.69, 9.17) is 16.2 Å². The third kappa shape index (κ3) is 5.78. The van der Waals surface area contributed by atoms with Crippen LogP contribution in [0.1, 0.15) is 38.2 Å². The maximum Gasteiger partial charge on any atom is 0.246 e. The van der Waals surface area contributed by atoms with Gasteiger partial charge >= 0.3 is 0 Å². The maximum atomic E-state index is 13.2. The van der Waals surface area contributed by atoms with Crippen molar-refractivity contribution in [3.05, 3.63) is 35.6 Å². The predicted molar refractivity (Wildman–Crippen MR) is 94.3 cm³/mol. The van der Waals surface area contributed by atoms with E-state index >= 15 is 0 Å². The number of benzene rings is 1. The summed E-state index contributed by atoms with van der Waals surface area (Å²) in [4.78, 5) is 23.4. The van der Waals surface area contributed by atoms with E-state index in [9.17, 15) is 19.1 Å². The first-order valence-electron chi connectivity index (χ1n) is 8.92. The number of halogens is 1. The van der Waals surface area contributed by atoms with Crippen LogP contribution in [0.15, 0.2) is 24.3 Å². The molecule has 1 aromatic carbocycles. The van der Waals surface area contributed by atoms with E-state index in [-0.39, 0.29) is 24.3 Å².